The SMILES string of the molecule is [2H]C1([2H])CC(n2cc(B3OC(C)(C)C(C)(C)O3)cn2)CC([2H])([2H])N1C(=O)O. The van der Waals surface area contributed by atoms with Crippen molar-refractivity contribution >= 4 is 18.7 Å². The summed E-state index contributed by atoms with van der Waals surface area (Å²) in [4.78, 5) is 11.6. The fourth-order valence-electron chi connectivity index (χ4n) is 2.50. The van der Waals surface area contributed by atoms with Gasteiger partial charge in [0.1, 0.15) is 0 Å². The Hall–Kier alpha value is -1.54. The molecule has 1 amide bonds. The van der Waals surface area contributed by atoms with Crippen LogP contribution in [0.1, 0.15) is 52.1 Å². The minimum Gasteiger partial charge on any atom is -0.465 e. The zero-order chi connectivity index (χ0) is 20.4. The van der Waals surface area contributed by atoms with Gasteiger partial charge in [0.15, 0.2) is 0 Å². The van der Waals surface area contributed by atoms with Gasteiger partial charge < -0.3 is 19.3 Å². The van der Waals surface area contributed by atoms with E-state index in [9.17, 15) is 9.90 Å². The fraction of sp³-hybridized carbons (Fsp3) is 0.733. The minimum atomic E-state index is -2.35. The molecule has 7 nitrogen and oxygen atoms in total. The van der Waals surface area contributed by atoms with Crippen molar-refractivity contribution in [3.8, 4) is 0 Å². The quantitative estimate of drug-likeness (QED) is 0.834. The maximum Gasteiger partial charge on any atom is 0.498 e. The van der Waals surface area contributed by atoms with E-state index in [4.69, 9.17) is 14.8 Å². The highest BCUT2D eigenvalue weighted by Crippen LogP contribution is 2.36. The van der Waals surface area contributed by atoms with Crippen LogP contribution in [0.4, 0.5) is 4.79 Å². The molecule has 23 heavy (non-hydrogen) atoms. The molecule has 3 rings (SSSR count). The highest BCUT2D eigenvalue weighted by Gasteiger charge is 2.52. The van der Waals surface area contributed by atoms with Crippen LogP contribution in [0.5, 0.6) is 0 Å². The van der Waals surface area contributed by atoms with Crippen molar-refractivity contribution in [1.82, 2.24) is 14.7 Å². The first-order valence-electron chi connectivity index (χ1n) is 9.59. The van der Waals surface area contributed by atoms with Gasteiger partial charge in [0.05, 0.1) is 17.2 Å². The van der Waals surface area contributed by atoms with E-state index in [0.717, 1.165) is 0 Å². The van der Waals surface area contributed by atoms with Crippen molar-refractivity contribution in [2.45, 2.75) is 57.8 Å². The summed E-state index contributed by atoms with van der Waals surface area (Å²) in [6.45, 7) is 3.03. The molecule has 2 aliphatic heterocycles. The van der Waals surface area contributed by atoms with Crippen LogP contribution in [0.2, 0.25) is 0 Å². The maximum atomic E-state index is 11.3. The maximum absolute atomic E-state index is 11.3. The Bertz CT molecular complexity index is 721. The third-order valence-electron chi connectivity index (χ3n) is 4.68. The lowest BCUT2D eigenvalue weighted by molar-refractivity contribution is 0.00578. The predicted molar refractivity (Wildman–Crippen MR) is 85.8 cm³/mol. The zero-order valence-corrected chi connectivity index (χ0v) is 13.7. The van der Waals surface area contributed by atoms with Crippen LogP contribution >= 0.6 is 0 Å². The normalized spacial score (nSPS) is 31.1. The summed E-state index contributed by atoms with van der Waals surface area (Å²) >= 11 is 0. The summed E-state index contributed by atoms with van der Waals surface area (Å²) in [5.74, 6) is 0. The van der Waals surface area contributed by atoms with Gasteiger partial charge in [0, 0.05) is 36.3 Å². The van der Waals surface area contributed by atoms with Gasteiger partial charge in [-0.2, -0.15) is 5.10 Å². The molecule has 1 aromatic heterocycles. The summed E-state index contributed by atoms with van der Waals surface area (Å²) in [7, 11) is -0.628. The summed E-state index contributed by atoms with van der Waals surface area (Å²) < 4.78 is 45.4. The molecule has 0 radical (unpaired) electrons. The molecule has 2 aliphatic rings. The molecule has 1 aromatic rings. The molecule has 2 saturated heterocycles. The lowest BCUT2D eigenvalue weighted by Gasteiger charge is -2.32. The van der Waals surface area contributed by atoms with Gasteiger partial charge in [-0.15, -0.1) is 0 Å². The Kier molecular flexibility index (Phi) is 2.86. The van der Waals surface area contributed by atoms with Gasteiger partial charge in [-0.05, 0) is 40.5 Å². The number of hydrogen-bond acceptors (Lipinski definition) is 4. The summed E-state index contributed by atoms with van der Waals surface area (Å²) in [6.07, 6.45) is 1.17. The first kappa shape index (κ1) is 11.9. The van der Waals surface area contributed by atoms with Crippen molar-refractivity contribution in [2.24, 2.45) is 0 Å². The van der Waals surface area contributed by atoms with Crippen LogP contribution in [0.25, 0.3) is 0 Å². The summed E-state index contributed by atoms with van der Waals surface area (Å²) in [6, 6.07) is -0.637. The number of likely N-dealkylation sites (tertiary alicyclic amines) is 1. The van der Waals surface area contributed by atoms with Crippen molar-refractivity contribution in [1.29, 1.82) is 0 Å². The third-order valence-corrected chi connectivity index (χ3v) is 4.68. The highest BCUT2D eigenvalue weighted by atomic mass is 16.7. The van der Waals surface area contributed by atoms with Crippen LogP contribution in [0.3, 0.4) is 0 Å². The van der Waals surface area contributed by atoms with Gasteiger partial charge in [-0.25, -0.2) is 4.79 Å². The Morgan fingerprint density at radius 1 is 1.35 bits per heavy atom. The van der Waals surface area contributed by atoms with Crippen molar-refractivity contribution in [3.63, 3.8) is 0 Å². The highest BCUT2D eigenvalue weighted by molar-refractivity contribution is 6.62. The summed E-state index contributed by atoms with van der Waals surface area (Å²) in [5, 5.41) is 13.4. The van der Waals surface area contributed by atoms with Crippen molar-refractivity contribution < 1.29 is 24.7 Å². The smallest absolute Gasteiger partial charge is 0.465 e. The molecule has 0 aromatic carbocycles. The topological polar surface area (TPSA) is 76.8 Å². The molecule has 126 valence electrons. The van der Waals surface area contributed by atoms with Gasteiger partial charge in [-0.3, -0.25) is 4.68 Å². The number of rotatable bonds is 2. The lowest BCUT2D eigenvalue weighted by atomic mass is 9.82. The molecule has 2 fully saturated rings. The zero-order valence-electron chi connectivity index (χ0n) is 17.7. The second-order valence-corrected chi connectivity index (χ2v) is 6.84. The fourth-order valence-corrected chi connectivity index (χ4v) is 2.50. The van der Waals surface area contributed by atoms with Crippen LogP contribution in [-0.2, 0) is 9.31 Å². The number of nitrogens with zero attached hydrogens (tertiary/aromatic N) is 3. The van der Waals surface area contributed by atoms with Gasteiger partial charge in [0.25, 0.3) is 0 Å². The Morgan fingerprint density at radius 3 is 2.43 bits per heavy atom. The largest absolute Gasteiger partial charge is 0.498 e. The van der Waals surface area contributed by atoms with E-state index in [2.05, 4.69) is 5.10 Å². The van der Waals surface area contributed by atoms with Crippen molar-refractivity contribution in [3.05, 3.63) is 12.4 Å². The van der Waals surface area contributed by atoms with Gasteiger partial charge >= 0.3 is 13.2 Å². The number of amides is 1. The number of carbonyl (C=O) groups is 1. The van der Waals surface area contributed by atoms with Gasteiger partial charge in [0.2, 0.25) is 0 Å². The predicted octanol–water partition coefficient (Wildman–Crippen LogP) is 1.50. The average molecular weight is 325 g/mol. The second kappa shape index (κ2) is 5.52. The lowest BCUT2D eigenvalue weighted by Crippen LogP contribution is -2.41. The van der Waals surface area contributed by atoms with Crippen molar-refractivity contribution in [2.75, 3.05) is 13.0 Å². The average Bonchev–Trinajstić information content (AvgIpc) is 2.98. The molecular weight excluding hydrogens is 297 g/mol. The molecule has 0 aliphatic carbocycles. The first-order chi connectivity index (χ1) is 12.2. The standard InChI is InChI=1S/C15H24BN3O4/c1-14(2)15(3,4)23-16(22-14)11-9-17-19(10-11)12-5-7-18(8-6-12)13(20)21/h9-10,12H,5-8H2,1-4H3,(H,20,21)/i7D2,8D2. The minimum absolute atomic E-state index is 0.205. The van der Waals surface area contributed by atoms with Crippen LogP contribution in [-0.4, -0.2) is 57.2 Å². The second-order valence-electron chi connectivity index (χ2n) is 6.84. The molecule has 8 heteroatoms. The first-order valence-corrected chi connectivity index (χ1v) is 7.59. The van der Waals surface area contributed by atoms with E-state index in [1.807, 2.05) is 27.7 Å². The molecule has 0 bridgehead atoms. The van der Waals surface area contributed by atoms with E-state index in [0.29, 0.717) is 5.46 Å². The van der Waals surface area contributed by atoms with Crippen LogP contribution in [0.15, 0.2) is 12.4 Å². The Labute approximate surface area is 142 Å². The summed E-state index contributed by atoms with van der Waals surface area (Å²) in [5.41, 5.74) is -0.376. The Morgan fingerprint density at radius 2 is 1.91 bits per heavy atom. The monoisotopic (exact) mass is 325 g/mol. The molecule has 0 spiro atoms. The van der Waals surface area contributed by atoms with E-state index in [-0.39, 0.29) is 17.7 Å². The molecule has 3 heterocycles. The molecule has 1 N–H and O–H groups in total. The van der Waals surface area contributed by atoms with E-state index in [1.54, 1.807) is 12.4 Å². The van der Waals surface area contributed by atoms with E-state index in [1.165, 1.54) is 4.68 Å². The van der Waals surface area contributed by atoms with Crippen LogP contribution < -0.4 is 5.46 Å². The van der Waals surface area contributed by atoms with Crippen LogP contribution in [0, 0.1) is 0 Å². The number of carboxylic acid groups (broad SMARTS) is 1. The van der Waals surface area contributed by atoms with Gasteiger partial charge in [-0.1, -0.05) is 0 Å². The third kappa shape index (κ3) is 2.97. The molecule has 0 saturated carbocycles. The number of hydrogen-bond donors (Lipinski definition) is 1. The number of piperidine rings is 1. The molecule has 0 unspecified atom stereocenters. The van der Waals surface area contributed by atoms with E-state index >= 15 is 0 Å². The Balaban J connectivity index is 1.83. The number of aromatic nitrogens is 2. The van der Waals surface area contributed by atoms with E-state index < -0.39 is 43.4 Å². The molecule has 0 atom stereocenters. The molecular formula is C15H24BN3O4.